The van der Waals surface area contributed by atoms with Crippen LogP contribution < -0.4 is 5.32 Å². The number of thioether (sulfide) groups is 1. The van der Waals surface area contributed by atoms with E-state index in [9.17, 15) is 14.5 Å². The molecule has 1 N–H and O–H groups in total. The van der Waals surface area contributed by atoms with Gasteiger partial charge < -0.3 is 5.32 Å². The van der Waals surface area contributed by atoms with Crippen molar-refractivity contribution in [2.75, 3.05) is 12.8 Å². The van der Waals surface area contributed by atoms with Crippen LogP contribution in [0.3, 0.4) is 0 Å². The molecular weight excluding hydrogens is 243 g/mol. The van der Waals surface area contributed by atoms with Gasteiger partial charge in [0.2, 0.25) is 0 Å². The van der Waals surface area contributed by atoms with Crippen LogP contribution in [0.5, 0.6) is 0 Å². The summed E-state index contributed by atoms with van der Waals surface area (Å²) in [5.74, 6) is -0.575. The molecule has 1 atom stereocenters. The minimum absolute atomic E-state index is 0.209. The lowest BCUT2D eigenvalue weighted by Crippen LogP contribution is -2.22. The zero-order valence-corrected chi connectivity index (χ0v) is 10.6. The lowest BCUT2D eigenvalue weighted by atomic mass is 10.2. The number of hydrogen-bond acceptors (Lipinski definition) is 4. The second-order valence-corrected chi connectivity index (χ2v) is 5.03. The van der Waals surface area contributed by atoms with E-state index in [1.54, 1.807) is 11.8 Å². The van der Waals surface area contributed by atoms with Crippen molar-refractivity contribution in [1.29, 1.82) is 0 Å². The van der Waals surface area contributed by atoms with Gasteiger partial charge in [-0.2, -0.15) is 11.8 Å². The van der Waals surface area contributed by atoms with Gasteiger partial charge in [-0.05, 0) is 17.9 Å². The van der Waals surface area contributed by atoms with Gasteiger partial charge in [-0.25, -0.2) is 4.39 Å². The molecule has 1 rings (SSSR count). The van der Waals surface area contributed by atoms with E-state index in [0.717, 1.165) is 12.6 Å². The van der Waals surface area contributed by atoms with Gasteiger partial charge in [0, 0.05) is 24.4 Å². The Morgan fingerprint density at radius 1 is 1.53 bits per heavy atom. The maximum absolute atomic E-state index is 13.1. The van der Waals surface area contributed by atoms with Crippen LogP contribution in [0.15, 0.2) is 18.2 Å². The first-order valence-electron chi connectivity index (χ1n) is 5.20. The first-order valence-corrected chi connectivity index (χ1v) is 6.49. The first kappa shape index (κ1) is 13.9. The van der Waals surface area contributed by atoms with Crippen LogP contribution in [-0.2, 0) is 6.54 Å². The lowest BCUT2D eigenvalue weighted by molar-refractivity contribution is -0.385. The Bertz CT molecular complexity index is 401. The molecular formula is C11H15FN2O2S. The van der Waals surface area contributed by atoms with E-state index in [-0.39, 0.29) is 5.69 Å². The van der Waals surface area contributed by atoms with Crippen molar-refractivity contribution in [1.82, 2.24) is 5.32 Å². The molecule has 0 amide bonds. The number of non-ortho nitro benzene ring substituents is 1. The van der Waals surface area contributed by atoms with Crippen LogP contribution in [0.4, 0.5) is 10.1 Å². The Morgan fingerprint density at radius 3 is 2.82 bits per heavy atom. The summed E-state index contributed by atoms with van der Waals surface area (Å²) >= 11 is 1.73. The molecule has 0 heterocycles. The fraction of sp³-hybridized carbons (Fsp3) is 0.455. The van der Waals surface area contributed by atoms with Crippen LogP contribution in [-0.4, -0.2) is 23.0 Å². The number of benzene rings is 1. The van der Waals surface area contributed by atoms with Gasteiger partial charge in [0.05, 0.1) is 11.0 Å². The Hall–Kier alpha value is -1.14. The average Bonchev–Trinajstić information content (AvgIpc) is 2.28. The molecule has 0 saturated carbocycles. The van der Waals surface area contributed by atoms with Gasteiger partial charge in [0.1, 0.15) is 5.82 Å². The third-order valence-electron chi connectivity index (χ3n) is 2.32. The van der Waals surface area contributed by atoms with Crippen molar-refractivity contribution in [3.63, 3.8) is 0 Å². The van der Waals surface area contributed by atoms with E-state index in [4.69, 9.17) is 0 Å². The first-order chi connectivity index (χ1) is 8.02. The van der Waals surface area contributed by atoms with Crippen LogP contribution in [0.1, 0.15) is 12.5 Å². The predicted molar refractivity (Wildman–Crippen MR) is 67.7 cm³/mol. The summed E-state index contributed by atoms with van der Waals surface area (Å²) in [6.45, 7) is 3.29. The number of nitrogens with one attached hydrogen (secondary N) is 1. The van der Waals surface area contributed by atoms with E-state index < -0.39 is 10.7 Å². The third-order valence-corrected chi connectivity index (χ3v) is 3.29. The number of hydrogen-bond donors (Lipinski definition) is 1. The van der Waals surface area contributed by atoms with Crippen LogP contribution in [0.2, 0.25) is 0 Å². The van der Waals surface area contributed by atoms with Gasteiger partial charge in [-0.3, -0.25) is 10.1 Å². The lowest BCUT2D eigenvalue weighted by Gasteiger charge is -2.09. The minimum Gasteiger partial charge on any atom is -0.312 e. The molecule has 0 radical (unpaired) electrons. The van der Waals surface area contributed by atoms with E-state index in [2.05, 4.69) is 12.2 Å². The highest BCUT2D eigenvalue weighted by Gasteiger charge is 2.09. The highest BCUT2D eigenvalue weighted by atomic mass is 32.2. The summed E-state index contributed by atoms with van der Waals surface area (Å²) in [6, 6.07) is 3.62. The maximum Gasteiger partial charge on any atom is 0.272 e. The molecule has 17 heavy (non-hydrogen) atoms. The second kappa shape index (κ2) is 6.56. The summed E-state index contributed by atoms with van der Waals surface area (Å²) in [4.78, 5) is 9.96. The molecule has 0 aliphatic rings. The summed E-state index contributed by atoms with van der Waals surface area (Å²) in [7, 11) is 0. The predicted octanol–water partition coefficient (Wildman–Crippen LogP) is 2.58. The van der Waals surface area contributed by atoms with Crippen molar-refractivity contribution in [2.45, 2.75) is 18.7 Å². The number of nitrogens with zero attached hydrogens (tertiary/aromatic N) is 1. The van der Waals surface area contributed by atoms with Crippen molar-refractivity contribution in [3.8, 4) is 0 Å². The van der Waals surface area contributed by atoms with Gasteiger partial charge in [-0.1, -0.05) is 6.92 Å². The van der Waals surface area contributed by atoms with Gasteiger partial charge in [0.25, 0.3) is 5.69 Å². The van der Waals surface area contributed by atoms with Crippen molar-refractivity contribution >= 4 is 17.4 Å². The Labute approximate surface area is 104 Å². The SMILES string of the molecule is CSC(C)CNCc1cc(F)cc([N+](=O)[O-])c1. The van der Waals surface area contributed by atoms with Crippen molar-refractivity contribution < 1.29 is 9.31 Å². The van der Waals surface area contributed by atoms with E-state index in [1.165, 1.54) is 12.1 Å². The number of nitro groups is 1. The Balaban J connectivity index is 2.62. The molecule has 1 aromatic carbocycles. The van der Waals surface area contributed by atoms with E-state index >= 15 is 0 Å². The van der Waals surface area contributed by atoms with Gasteiger partial charge >= 0.3 is 0 Å². The molecule has 4 nitrogen and oxygen atoms in total. The zero-order valence-electron chi connectivity index (χ0n) is 9.77. The molecule has 0 fully saturated rings. The third kappa shape index (κ3) is 4.70. The molecule has 0 bridgehead atoms. The van der Waals surface area contributed by atoms with Crippen molar-refractivity contribution in [3.05, 3.63) is 39.7 Å². The van der Waals surface area contributed by atoms with E-state index in [0.29, 0.717) is 17.4 Å². The van der Waals surface area contributed by atoms with Gasteiger partial charge in [-0.15, -0.1) is 0 Å². The average molecular weight is 258 g/mol. The summed E-state index contributed by atoms with van der Waals surface area (Å²) in [6.07, 6.45) is 2.01. The fourth-order valence-corrected chi connectivity index (χ4v) is 1.63. The maximum atomic E-state index is 13.1. The van der Waals surface area contributed by atoms with Crippen LogP contribution in [0, 0.1) is 15.9 Å². The molecule has 0 aliphatic heterocycles. The topological polar surface area (TPSA) is 55.2 Å². The molecule has 1 aromatic rings. The zero-order chi connectivity index (χ0) is 12.8. The fourth-order valence-electron chi connectivity index (χ4n) is 1.34. The number of nitro benzene ring substituents is 1. The highest BCUT2D eigenvalue weighted by Crippen LogP contribution is 2.16. The summed E-state index contributed by atoms with van der Waals surface area (Å²) in [5, 5.41) is 14.1. The smallest absolute Gasteiger partial charge is 0.272 e. The molecule has 0 aromatic heterocycles. The quantitative estimate of drug-likeness (QED) is 0.629. The normalized spacial score (nSPS) is 12.4. The molecule has 1 unspecified atom stereocenters. The Kier molecular flexibility index (Phi) is 5.37. The Morgan fingerprint density at radius 2 is 2.24 bits per heavy atom. The summed E-state index contributed by atoms with van der Waals surface area (Å²) in [5.41, 5.74) is 0.379. The minimum atomic E-state index is -0.586. The van der Waals surface area contributed by atoms with E-state index in [1.807, 2.05) is 6.26 Å². The largest absolute Gasteiger partial charge is 0.312 e. The second-order valence-electron chi connectivity index (χ2n) is 3.75. The molecule has 94 valence electrons. The van der Waals surface area contributed by atoms with Gasteiger partial charge in [0.15, 0.2) is 0 Å². The standard InChI is InChI=1S/C11H15FN2O2S/c1-8(17-2)6-13-7-9-3-10(12)5-11(4-9)14(15)16/h3-5,8,13H,6-7H2,1-2H3. The highest BCUT2D eigenvalue weighted by molar-refractivity contribution is 7.99. The number of halogens is 1. The number of rotatable bonds is 6. The molecule has 0 saturated heterocycles. The van der Waals surface area contributed by atoms with Crippen molar-refractivity contribution in [2.24, 2.45) is 0 Å². The molecule has 6 heteroatoms. The van der Waals surface area contributed by atoms with Crippen LogP contribution in [0.25, 0.3) is 0 Å². The summed E-state index contributed by atoms with van der Waals surface area (Å²) < 4.78 is 13.1. The van der Waals surface area contributed by atoms with Crippen LogP contribution >= 0.6 is 11.8 Å². The molecule has 0 spiro atoms. The monoisotopic (exact) mass is 258 g/mol. The molecule has 0 aliphatic carbocycles.